The second-order valence-corrected chi connectivity index (χ2v) is 7.34. The largest absolute Gasteiger partial charge is 0.497 e. The van der Waals surface area contributed by atoms with E-state index < -0.39 is 9.84 Å². The van der Waals surface area contributed by atoms with E-state index in [0.29, 0.717) is 17.1 Å². The van der Waals surface area contributed by atoms with E-state index in [1.807, 2.05) is 30.3 Å². The van der Waals surface area contributed by atoms with Crippen LogP contribution in [0, 0.1) is 11.8 Å². The van der Waals surface area contributed by atoms with Gasteiger partial charge in [0.2, 0.25) is 0 Å². The van der Waals surface area contributed by atoms with Crippen LogP contribution < -0.4 is 9.47 Å². The van der Waals surface area contributed by atoms with Crippen LogP contribution in [0.2, 0.25) is 0 Å². The smallest absolute Gasteiger partial charge is 0.165 e. The van der Waals surface area contributed by atoms with Crippen molar-refractivity contribution in [2.45, 2.75) is 0 Å². The van der Waals surface area contributed by atoms with E-state index in [-0.39, 0.29) is 11.5 Å². The maximum atomic E-state index is 12.1. The molecular weight excluding hydrogens is 336 g/mol. The lowest BCUT2D eigenvalue weighted by Crippen LogP contribution is -2.07. The van der Waals surface area contributed by atoms with Gasteiger partial charge in [-0.15, -0.1) is 0 Å². The van der Waals surface area contributed by atoms with Crippen molar-refractivity contribution in [2.24, 2.45) is 0 Å². The maximum absolute atomic E-state index is 12.1. The first-order chi connectivity index (χ1) is 12.0. The first-order valence-corrected chi connectivity index (χ1v) is 9.49. The molecule has 2 rings (SSSR count). The molecule has 0 saturated carbocycles. The van der Waals surface area contributed by atoms with Crippen molar-refractivity contribution in [3.63, 3.8) is 0 Å². The minimum Gasteiger partial charge on any atom is -0.497 e. The van der Waals surface area contributed by atoms with E-state index in [2.05, 4.69) is 11.8 Å². The fourth-order valence-corrected chi connectivity index (χ4v) is 2.90. The summed E-state index contributed by atoms with van der Waals surface area (Å²) in [6.45, 7) is 0. The van der Waals surface area contributed by atoms with Crippen molar-refractivity contribution in [2.75, 3.05) is 25.7 Å². The summed E-state index contributed by atoms with van der Waals surface area (Å²) in [5.41, 5.74) is 1.59. The molecule has 0 atom stereocenters. The molecule has 0 N–H and O–H groups in total. The predicted octanol–water partition coefficient (Wildman–Crippen LogP) is 3.18. The monoisotopic (exact) mass is 356 g/mol. The number of ether oxygens (including phenoxy) is 2. The molecule has 0 spiro atoms. The molecule has 2 aromatic rings. The van der Waals surface area contributed by atoms with Crippen molar-refractivity contribution in [1.29, 1.82) is 0 Å². The molecule has 4 nitrogen and oxygen atoms in total. The van der Waals surface area contributed by atoms with E-state index in [1.54, 1.807) is 37.5 Å². The molecule has 0 aliphatic heterocycles. The molecule has 0 aromatic heterocycles. The average Bonchev–Trinajstić information content (AvgIpc) is 2.62. The number of benzene rings is 2. The quantitative estimate of drug-likeness (QED) is 0.746. The first-order valence-electron chi connectivity index (χ1n) is 7.67. The Morgan fingerprint density at radius 3 is 2.48 bits per heavy atom. The normalized spacial score (nSPS) is 11.0. The molecule has 130 valence electrons. The zero-order valence-corrected chi connectivity index (χ0v) is 15.0. The van der Waals surface area contributed by atoms with Gasteiger partial charge in [-0.1, -0.05) is 54.3 Å². The van der Waals surface area contributed by atoms with Gasteiger partial charge in [0.1, 0.15) is 17.3 Å². The maximum Gasteiger partial charge on any atom is 0.165 e. The van der Waals surface area contributed by atoms with E-state index in [9.17, 15) is 8.42 Å². The van der Waals surface area contributed by atoms with E-state index >= 15 is 0 Å². The number of methoxy groups -OCH3 is 2. The van der Waals surface area contributed by atoms with E-state index in [1.165, 1.54) is 7.11 Å². The molecule has 2 aromatic carbocycles. The number of sulfone groups is 1. The molecule has 0 amide bonds. The van der Waals surface area contributed by atoms with Gasteiger partial charge in [-0.25, -0.2) is 8.42 Å². The lowest BCUT2D eigenvalue weighted by Gasteiger charge is -2.05. The lowest BCUT2D eigenvalue weighted by atomic mass is 10.2. The SMILES string of the molecule is COc1ccc(C#CCS(=O)(=O)C/C=C/c2ccccc2)c(OC)c1. The summed E-state index contributed by atoms with van der Waals surface area (Å²) in [5.74, 6) is 6.51. The number of hydrogen-bond donors (Lipinski definition) is 0. The molecule has 0 saturated heterocycles. The summed E-state index contributed by atoms with van der Waals surface area (Å²) >= 11 is 0. The van der Waals surface area contributed by atoms with E-state index in [4.69, 9.17) is 9.47 Å². The highest BCUT2D eigenvalue weighted by atomic mass is 32.2. The Kier molecular flexibility index (Phi) is 6.67. The Balaban J connectivity index is 2.01. The Labute approximate surface area is 149 Å². The van der Waals surface area contributed by atoms with E-state index in [0.717, 1.165) is 5.56 Å². The van der Waals surface area contributed by atoms with Gasteiger partial charge in [-0.3, -0.25) is 0 Å². The average molecular weight is 356 g/mol. The molecular formula is C20H20O4S. The Hall–Kier alpha value is -2.71. The third-order valence-corrected chi connectivity index (χ3v) is 4.67. The molecule has 0 aliphatic rings. The van der Waals surface area contributed by atoms with Gasteiger partial charge in [-0.05, 0) is 17.7 Å². The molecule has 0 heterocycles. The summed E-state index contributed by atoms with van der Waals surface area (Å²) < 4.78 is 34.5. The molecule has 0 aliphatic carbocycles. The second kappa shape index (κ2) is 8.95. The Bertz CT molecular complexity index is 888. The topological polar surface area (TPSA) is 52.6 Å². The summed E-state index contributed by atoms with van der Waals surface area (Å²) in [6, 6.07) is 14.8. The van der Waals surface area contributed by atoms with Gasteiger partial charge in [0.25, 0.3) is 0 Å². The predicted molar refractivity (Wildman–Crippen MR) is 101 cm³/mol. The van der Waals surface area contributed by atoms with Gasteiger partial charge in [-0.2, -0.15) is 0 Å². The highest BCUT2D eigenvalue weighted by molar-refractivity contribution is 7.91. The van der Waals surface area contributed by atoms with Gasteiger partial charge >= 0.3 is 0 Å². The van der Waals surface area contributed by atoms with Crippen LogP contribution in [0.25, 0.3) is 6.08 Å². The van der Waals surface area contributed by atoms with Crippen LogP contribution in [0.1, 0.15) is 11.1 Å². The first kappa shape index (κ1) is 18.6. The van der Waals surface area contributed by atoms with Crippen molar-refractivity contribution in [1.82, 2.24) is 0 Å². The third-order valence-electron chi connectivity index (χ3n) is 3.38. The molecule has 5 heteroatoms. The number of hydrogen-bond acceptors (Lipinski definition) is 4. The van der Waals surface area contributed by atoms with Crippen LogP contribution in [-0.4, -0.2) is 34.1 Å². The van der Waals surface area contributed by atoms with Crippen molar-refractivity contribution in [3.05, 3.63) is 65.7 Å². The summed E-state index contributed by atoms with van der Waals surface area (Å²) in [5, 5.41) is 0. The molecule has 0 unspecified atom stereocenters. The highest BCUT2D eigenvalue weighted by Gasteiger charge is 2.06. The van der Waals surface area contributed by atoms with Crippen molar-refractivity contribution < 1.29 is 17.9 Å². The van der Waals surface area contributed by atoms with Crippen LogP contribution in [0.5, 0.6) is 11.5 Å². The van der Waals surface area contributed by atoms with Crippen LogP contribution in [-0.2, 0) is 9.84 Å². The molecule has 0 radical (unpaired) electrons. The standard InChI is InChI=1S/C20H20O4S/c1-23-19-13-12-18(20(16-19)24-2)11-7-15-25(21,22)14-6-10-17-8-4-3-5-9-17/h3-6,8-10,12-13,16H,14-15H2,1-2H3/b10-6+. The van der Waals surface area contributed by atoms with Crippen molar-refractivity contribution >= 4 is 15.9 Å². The summed E-state index contributed by atoms with van der Waals surface area (Å²) in [4.78, 5) is 0. The van der Waals surface area contributed by atoms with Gasteiger partial charge in [0, 0.05) is 6.07 Å². The van der Waals surface area contributed by atoms with Crippen LogP contribution in [0.4, 0.5) is 0 Å². The second-order valence-electron chi connectivity index (χ2n) is 5.24. The zero-order chi connectivity index (χ0) is 18.1. The summed E-state index contributed by atoms with van der Waals surface area (Å²) in [7, 11) is -0.182. The Morgan fingerprint density at radius 1 is 1.04 bits per heavy atom. The van der Waals surface area contributed by atoms with Gasteiger partial charge in [0.05, 0.1) is 25.5 Å². The van der Waals surface area contributed by atoms with Crippen molar-refractivity contribution in [3.8, 4) is 23.3 Å². The minimum atomic E-state index is -3.28. The fourth-order valence-electron chi connectivity index (χ4n) is 2.10. The zero-order valence-electron chi connectivity index (χ0n) is 14.2. The fraction of sp³-hybridized carbons (Fsp3) is 0.200. The number of rotatable bonds is 6. The molecule has 0 bridgehead atoms. The Morgan fingerprint density at radius 2 is 1.80 bits per heavy atom. The highest BCUT2D eigenvalue weighted by Crippen LogP contribution is 2.23. The van der Waals surface area contributed by atoms with Crippen LogP contribution >= 0.6 is 0 Å². The van der Waals surface area contributed by atoms with Gasteiger partial charge in [0.15, 0.2) is 9.84 Å². The summed E-state index contributed by atoms with van der Waals surface area (Å²) in [6.07, 6.45) is 3.43. The van der Waals surface area contributed by atoms with Gasteiger partial charge < -0.3 is 9.47 Å². The third kappa shape index (κ3) is 6.02. The lowest BCUT2D eigenvalue weighted by molar-refractivity contribution is 0.393. The molecule has 0 fully saturated rings. The van der Waals surface area contributed by atoms with Crippen LogP contribution in [0.15, 0.2) is 54.6 Å². The minimum absolute atomic E-state index is 0.0453. The van der Waals surface area contributed by atoms with Crippen LogP contribution in [0.3, 0.4) is 0 Å². The molecule has 25 heavy (non-hydrogen) atoms.